The molecular weight excluding hydrogens is 220 g/mol. The SMILES string of the molecule is Cc1ccc(F)cc1CC(F)C(CN)C(C)C. The molecule has 2 unspecified atom stereocenters. The van der Waals surface area contributed by atoms with Crippen LogP contribution >= 0.6 is 0 Å². The van der Waals surface area contributed by atoms with Gasteiger partial charge in [-0.25, -0.2) is 8.78 Å². The standard InChI is InChI=1S/C14H21F2N/c1-9(2)13(8-17)14(16)7-11-6-12(15)5-4-10(11)3/h4-6,9,13-14H,7-8,17H2,1-3H3. The molecule has 0 aliphatic rings. The van der Waals surface area contributed by atoms with Crippen molar-refractivity contribution in [3.05, 3.63) is 35.1 Å². The van der Waals surface area contributed by atoms with Crippen molar-refractivity contribution in [1.29, 1.82) is 0 Å². The summed E-state index contributed by atoms with van der Waals surface area (Å²) in [4.78, 5) is 0. The Labute approximate surface area is 102 Å². The fourth-order valence-corrected chi connectivity index (χ4v) is 2.06. The highest BCUT2D eigenvalue weighted by atomic mass is 19.1. The molecule has 0 bridgehead atoms. The predicted molar refractivity (Wildman–Crippen MR) is 67.1 cm³/mol. The average molecular weight is 241 g/mol. The van der Waals surface area contributed by atoms with Crippen molar-refractivity contribution < 1.29 is 8.78 Å². The number of hydrogen-bond donors (Lipinski definition) is 1. The van der Waals surface area contributed by atoms with E-state index >= 15 is 0 Å². The van der Waals surface area contributed by atoms with E-state index in [4.69, 9.17) is 5.73 Å². The summed E-state index contributed by atoms with van der Waals surface area (Å²) in [5, 5.41) is 0. The topological polar surface area (TPSA) is 26.0 Å². The van der Waals surface area contributed by atoms with Gasteiger partial charge in [-0.3, -0.25) is 0 Å². The van der Waals surface area contributed by atoms with E-state index in [1.54, 1.807) is 6.07 Å². The lowest BCUT2D eigenvalue weighted by atomic mass is 9.87. The van der Waals surface area contributed by atoms with Crippen LogP contribution in [-0.4, -0.2) is 12.7 Å². The van der Waals surface area contributed by atoms with E-state index in [-0.39, 0.29) is 24.1 Å². The first-order valence-electron chi connectivity index (χ1n) is 6.04. The molecule has 1 rings (SSSR count). The van der Waals surface area contributed by atoms with Gasteiger partial charge in [0.2, 0.25) is 0 Å². The highest BCUT2D eigenvalue weighted by Crippen LogP contribution is 2.22. The van der Waals surface area contributed by atoms with Crippen LogP contribution in [0.3, 0.4) is 0 Å². The second kappa shape index (κ2) is 6.10. The zero-order valence-electron chi connectivity index (χ0n) is 10.7. The van der Waals surface area contributed by atoms with Crippen LogP contribution in [0.2, 0.25) is 0 Å². The Bertz CT molecular complexity index is 363. The Balaban J connectivity index is 2.79. The largest absolute Gasteiger partial charge is 0.330 e. The Morgan fingerprint density at radius 1 is 1.29 bits per heavy atom. The molecule has 0 heterocycles. The molecule has 0 saturated carbocycles. The summed E-state index contributed by atoms with van der Waals surface area (Å²) in [5.74, 6) is -0.284. The molecule has 0 aromatic heterocycles. The number of hydrogen-bond acceptors (Lipinski definition) is 1. The second-order valence-corrected chi connectivity index (χ2v) is 4.93. The third-order valence-corrected chi connectivity index (χ3v) is 3.32. The molecule has 17 heavy (non-hydrogen) atoms. The van der Waals surface area contributed by atoms with Gasteiger partial charge in [0.15, 0.2) is 0 Å². The Morgan fingerprint density at radius 2 is 1.94 bits per heavy atom. The van der Waals surface area contributed by atoms with Crippen molar-refractivity contribution in [3.63, 3.8) is 0 Å². The summed E-state index contributed by atoms with van der Waals surface area (Å²) in [5.41, 5.74) is 7.24. The van der Waals surface area contributed by atoms with Crippen molar-refractivity contribution in [2.75, 3.05) is 6.54 Å². The normalized spacial score (nSPS) is 15.0. The molecule has 0 spiro atoms. The van der Waals surface area contributed by atoms with Crippen molar-refractivity contribution in [2.45, 2.75) is 33.4 Å². The highest BCUT2D eigenvalue weighted by Gasteiger charge is 2.23. The van der Waals surface area contributed by atoms with Gasteiger partial charge in [0, 0.05) is 12.3 Å². The van der Waals surface area contributed by atoms with Crippen LogP contribution in [0, 0.1) is 24.6 Å². The zero-order valence-corrected chi connectivity index (χ0v) is 10.7. The van der Waals surface area contributed by atoms with Crippen molar-refractivity contribution >= 4 is 0 Å². The van der Waals surface area contributed by atoms with Gasteiger partial charge in [-0.15, -0.1) is 0 Å². The van der Waals surface area contributed by atoms with Crippen LogP contribution in [0.4, 0.5) is 8.78 Å². The first-order valence-corrected chi connectivity index (χ1v) is 6.04. The maximum atomic E-state index is 14.1. The Hall–Kier alpha value is -0.960. The van der Waals surface area contributed by atoms with E-state index < -0.39 is 6.17 Å². The number of benzene rings is 1. The minimum absolute atomic E-state index is 0.169. The Kier molecular flexibility index (Phi) is 5.06. The van der Waals surface area contributed by atoms with Crippen molar-refractivity contribution in [3.8, 4) is 0 Å². The number of alkyl halides is 1. The molecule has 1 aromatic rings. The van der Waals surface area contributed by atoms with Crippen LogP contribution < -0.4 is 5.73 Å². The fraction of sp³-hybridized carbons (Fsp3) is 0.571. The molecule has 96 valence electrons. The lowest BCUT2D eigenvalue weighted by Crippen LogP contribution is -2.30. The van der Waals surface area contributed by atoms with E-state index in [0.717, 1.165) is 11.1 Å². The average Bonchev–Trinajstić information content (AvgIpc) is 2.24. The molecule has 0 saturated heterocycles. The van der Waals surface area contributed by atoms with E-state index in [1.165, 1.54) is 12.1 Å². The highest BCUT2D eigenvalue weighted by molar-refractivity contribution is 5.27. The first-order chi connectivity index (χ1) is 7.95. The van der Waals surface area contributed by atoms with Crippen LogP contribution in [-0.2, 0) is 6.42 Å². The lowest BCUT2D eigenvalue weighted by Gasteiger charge is -2.23. The van der Waals surface area contributed by atoms with Crippen molar-refractivity contribution in [2.24, 2.45) is 17.6 Å². The number of rotatable bonds is 5. The smallest absolute Gasteiger partial charge is 0.123 e. The van der Waals surface area contributed by atoms with Crippen LogP contribution in [0.25, 0.3) is 0 Å². The molecule has 2 atom stereocenters. The second-order valence-electron chi connectivity index (χ2n) is 4.93. The summed E-state index contributed by atoms with van der Waals surface area (Å²) in [6.45, 7) is 6.12. The van der Waals surface area contributed by atoms with E-state index in [0.29, 0.717) is 6.54 Å². The maximum Gasteiger partial charge on any atom is 0.123 e. The molecule has 0 amide bonds. The van der Waals surface area contributed by atoms with Crippen LogP contribution in [0.1, 0.15) is 25.0 Å². The third kappa shape index (κ3) is 3.77. The first kappa shape index (κ1) is 14.1. The number of nitrogens with two attached hydrogens (primary N) is 1. The third-order valence-electron chi connectivity index (χ3n) is 3.32. The van der Waals surface area contributed by atoms with E-state index in [1.807, 2.05) is 20.8 Å². The lowest BCUT2D eigenvalue weighted by molar-refractivity contribution is 0.185. The monoisotopic (exact) mass is 241 g/mol. The van der Waals surface area contributed by atoms with Gasteiger partial charge in [-0.2, -0.15) is 0 Å². The van der Waals surface area contributed by atoms with Crippen LogP contribution in [0.5, 0.6) is 0 Å². The molecule has 1 aromatic carbocycles. The van der Waals surface area contributed by atoms with Gasteiger partial charge >= 0.3 is 0 Å². The molecule has 2 N–H and O–H groups in total. The molecule has 0 radical (unpaired) electrons. The van der Waals surface area contributed by atoms with Gasteiger partial charge in [-0.1, -0.05) is 19.9 Å². The fourth-order valence-electron chi connectivity index (χ4n) is 2.06. The zero-order chi connectivity index (χ0) is 13.0. The quantitative estimate of drug-likeness (QED) is 0.841. The van der Waals surface area contributed by atoms with Crippen LogP contribution in [0.15, 0.2) is 18.2 Å². The van der Waals surface area contributed by atoms with Crippen molar-refractivity contribution in [1.82, 2.24) is 0 Å². The summed E-state index contributed by atoms with van der Waals surface area (Å²) < 4.78 is 27.2. The van der Waals surface area contributed by atoms with Gasteiger partial charge in [0.05, 0.1) is 0 Å². The predicted octanol–water partition coefficient (Wildman–Crippen LogP) is 3.25. The number of aryl methyl sites for hydroxylation is 1. The Morgan fingerprint density at radius 3 is 2.47 bits per heavy atom. The summed E-state index contributed by atoms with van der Waals surface area (Å²) in [6, 6.07) is 4.50. The van der Waals surface area contributed by atoms with E-state index in [2.05, 4.69) is 0 Å². The minimum atomic E-state index is -1.01. The molecule has 1 nitrogen and oxygen atoms in total. The molecule has 3 heteroatoms. The minimum Gasteiger partial charge on any atom is -0.330 e. The van der Waals surface area contributed by atoms with Gasteiger partial charge in [0.25, 0.3) is 0 Å². The molecule has 0 aliphatic heterocycles. The molecule has 0 aliphatic carbocycles. The molecular formula is C14H21F2N. The van der Waals surface area contributed by atoms with Gasteiger partial charge < -0.3 is 5.73 Å². The summed E-state index contributed by atoms with van der Waals surface area (Å²) in [7, 11) is 0. The maximum absolute atomic E-state index is 14.1. The van der Waals surface area contributed by atoms with Gasteiger partial charge in [-0.05, 0) is 42.6 Å². The number of halogens is 2. The molecule has 0 fully saturated rings. The van der Waals surface area contributed by atoms with Gasteiger partial charge in [0.1, 0.15) is 12.0 Å². The summed E-state index contributed by atoms with van der Waals surface area (Å²) >= 11 is 0. The summed E-state index contributed by atoms with van der Waals surface area (Å²) in [6.07, 6.45) is -0.774. The van der Waals surface area contributed by atoms with E-state index in [9.17, 15) is 8.78 Å².